The third-order valence-electron chi connectivity index (χ3n) is 3.13. The fourth-order valence-electron chi connectivity index (χ4n) is 2.37. The maximum atomic E-state index is 11.3. The molecule has 0 heterocycles. The summed E-state index contributed by atoms with van der Waals surface area (Å²) in [7, 11) is -3.64. The molecular weight excluding hydrogens is 292 g/mol. The van der Waals surface area contributed by atoms with Crippen LogP contribution < -0.4 is 0 Å². The van der Waals surface area contributed by atoms with Gasteiger partial charge in [-0.15, -0.1) is 0 Å². The van der Waals surface area contributed by atoms with Crippen molar-refractivity contribution < 1.29 is 27.7 Å². The van der Waals surface area contributed by atoms with E-state index in [4.69, 9.17) is 13.3 Å². The van der Waals surface area contributed by atoms with Gasteiger partial charge in [0.15, 0.2) is 0 Å². The lowest BCUT2D eigenvalue weighted by Gasteiger charge is -2.28. The molecule has 0 aromatic carbocycles. The van der Waals surface area contributed by atoms with Gasteiger partial charge in [0.2, 0.25) is 0 Å². The van der Waals surface area contributed by atoms with Gasteiger partial charge in [0.1, 0.15) is 0 Å². The second-order valence-electron chi connectivity index (χ2n) is 5.15. The summed E-state index contributed by atoms with van der Waals surface area (Å²) in [6.07, 6.45) is 7.90. The lowest BCUT2D eigenvalue weighted by Crippen LogP contribution is -2.49. The number of carbonyl (C=O) groups is 3. The van der Waals surface area contributed by atoms with E-state index in [1.165, 1.54) is 20.8 Å². The lowest BCUT2D eigenvalue weighted by atomic mass is 9.92. The van der Waals surface area contributed by atoms with E-state index in [9.17, 15) is 14.4 Å². The minimum absolute atomic E-state index is 0.268. The standard InChI is InChI=1S/C14H22O6Si/c1-11(15)18-21(19-12(2)16,20-13(3)17)10-9-14-7-5-4-6-8-14/h4-5,14H,6-10H2,1-3H3. The fraction of sp³-hybridized carbons (Fsp3) is 0.643. The molecule has 1 unspecified atom stereocenters. The first kappa shape index (κ1) is 17.4. The summed E-state index contributed by atoms with van der Waals surface area (Å²) in [6.45, 7) is 3.62. The smallest absolute Gasteiger partial charge is 0.455 e. The highest BCUT2D eigenvalue weighted by molar-refractivity contribution is 6.65. The summed E-state index contributed by atoms with van der Waals surface area (Å²) in [4.78, 5) is 33.9. The van der Waals surface area contributed by atoms with Crippen molar-refractivity contribution >= 4 is 26.7 Å². The van der Waals surface area contributed by atoms with E-state index in [0.29, 0.717) is 12.3 Å². The van der Waals surface area contributed by atoms with E-state index in [0.717, 1.165) is 19.3 Å². The third-order valence-corrected chi connectivity index (χ3v) is 5.83. The second kappa shape index (κ2) is 7.97. The quantitative estimate of drug-likeness (QED) is 0.553. The normalized spacial score (nSPS) is 18.0. The molecule has 21 heavy (non-hydrogen) atoms. The zero-order valence-corrected chi connectivity index (χ0v) is 13.7. The number of allylic oxidation sites excluding steroid dienone is 2. The van der Waals surface area contributed by atoms with Crippen LogP contribution in [-0.2, 0) is 27.7 Å². The van der Waals surface area contributed by atoms with Gasteiger partial charge in [-0.3, -0.25) is 14.4 Å². The van der Waals surface area contributed by atoms with Gasteiger partial charge in [0, 0.05) is 20.8 Å². The molecular formula is C14H22O6Si. The Morgan fingerprint density at radius 3 is 1.90 bits per heavy atom. The highest BCUT2D eigenvalue weighted by Crippen LogP contribution is 2.28. The summed E-state index contributed by atoms with van der Waals surface area (Å²) in [5.41, 5.74) is 0. The van der Waals surface area contributed by atoms with Crippen molar-refractivity contribution in [3.8, 4) is 0 Å². The molecule has 0 amide bonds. The first-order valence-electron chi connectivity index (χ1n) is 7.07. The van der Waals surface area contributed by atoms with Crippen LogP contribution in [0.15, 0.2) is 12.2 Å². The Morgan fingerprint density at radius 1 is 1.00 bits per heavy atom. The SMILES string of the molecule is CC(=O)O[Si](CCC1CC=CCC1)(OC(C)=O)OC(C)=O. The lowest BCUT2D eigenvalue weighted by molar-refractivity contribution is -0.147. The molecule has 1 rings (SSSR count). The third kappa shape index (κ3) is 6.57. The molecule has 0 aromatic rings. The van der Waals surface area contributed by atoms with Gasteiger partial charge in [-0.05, 0) is 31.6 Å². The molecule has 0 saturated heterocycles. The van der Waals surface area contributed by atoms with Crippen molar-refractivity contribution in [2.24, 2.45) is 5.92 Å². The van der Waals surface area contributed by atoms with E-state index in [1.54, 1.807) is 0 Å². The number of hydrogen-bond donors (Lipinski definition) is 0. The largest absolute Gasteiger partial charge is 0.705 e. The van der Waals surface area contributed by atoms with Crippen molar-refractivity contribution in [3.63, 3.8) is 0 Å². The topological polar surface area (TPSA) is 78.9 Å². The molecule has 6 nitrogen and oxygen atoms in total. The van der Waals surface area contributed by atoms with Crippen molar-refractivity contribution in [2.75, 3.05) is 0 Å². The highest BCUT2D eigenvalue weighted by atomic mass is 28.4. The van der Waals surface area contributed by atoms with Gasteiger partial charge in [-0.25, -0.2) is 0 Å². The molecule has 0 saturated carbocycles. The maximum Gasteiger partial charge on any atom is 0.705 e. The van der Waals surface area contributed by atoms with E-state index in [-0.39, 0.29) is 6.04 Å². The Kier molecular flexibility index (Phi) is 6.61. The Hall–Kier alpha value is -1.63. The average Bonchev–Trinajstić information content (AvgIpc) is 2.35. The van der Waals surface area contributed by atoms with Crippen molar-refractivity contribution in [1.29, 1.82) is 0 Å². The highest BCUT2D eigenvalue weighted by Gasteiger charge is 2.51. The molecule has 0 N–H and O–H groups in total. The first-order chi connectivity index (χ1) is 9.83. The van der Waals surface area contributed by atoms with Crippen LogP contribution in [0.5, 0.6) is 0 Å². The summed E-state index contributed by atoms with van der Waals surface area (Å²) in [5.74, 6) is -1.43. The number of rotatable bonds is 6. The predicted octanol–water partition coefficient (Wildman–Crippen LogP) is 2.36. The average molecular weight is 314 g/mol. The molecule has 1 aliphatic carbocycles. The Bertz CT molecular complexity index is 390. The Morgan fingerprint density at radius 2 is 1.52 bits per heavy atom. The summed E-state index contributed by atoms with van der Waals surface area (Å²) in [6, 6.07) is 0.268. The van der Waals surface area contributed by atoms with Gasteiger partial charge in [-0.1, -0.05) is 12.2 Å². The first-order valence-corrected chi connectivity index (χ1v) is 9.00. The minimum atomic E-state index is -3.64. The summed E-state index contributed by atoms with van der Waals surface area (Å²) >= 11 is 0. The molecule has 7 heteroatoms. The molecule has 0 fully saturated rings. The molecule has 118 valence electrons. The van der Waals surface area contributed by atoms with Gasteiger partial charge in [-0.2, -0.15) is 0 Å². The van der Waals surface area contributed by atoms with Crippen LogP contribution in [0.1, 0.15) is 46.5 Å². The van der Waals surface area contributed by atoms with Gasteiger partial charge < -0.3 is 13.3 Å². The van der Waals surface area contributed by atoms with Gasteiger partial charge in [0.25, 0.3) is 17.9 Å². The van der Waals surface area contributed by atoms with Crippen LogP contribution in [0.25, 0.3) is 0 Å². The van der Waals surface area contributed by atoms with Crippen LogP contribution in [0.2, 0.25) is 6.04 Å². The number of hydrogen-bond acceptors (Lipinski definition) is 6. The van der Waals surface area contributed by atoms with Crippen LogP contribution in [0.4, 0.5) is 0 Å². The van der Waals surface area contributed by atoms with E-state index >= 15 is 0 Å². The zero-order chi connectivity index (χ0) is 15.9. The zero-order valence-electron chi connectivity index (χ0n) is 12.7. The molecule has 1 atom stereocenters. The predicted molar refractivity (Wildman–Crippen MR) is 77.0 cm³/mol. The monoisotopic (exact) mass is 314 g/mol. The molecule has 0 radical (unpaired) electrons. The molecule has 0 bridgehead atoms. The molecule has 0 spiro atoms. The van der Waals surface area contributed by atoms with E-state index < -0.39 is 26.7 Å². The molecule has 0 aromatic heterocycles. The van der Waals surface area contributed by atoms with Gasteiger partial charge in [0.05, 0.1) is 6.04 Å². The Balaban J connectivity index is 2.79. The molecule has 1 aliphatic rings. The minimum Gasteiger partial charge on any atom is -0.455 e. The van der Waals surface area contributed by atoms with Crippen LogP contribution in [0.3, 0.4) is 0 Å². The van der Waals surface area contributed by atoms with Crippen LogP contribution in [0, 0.1) is 5.92 Å². The van der Waals surface area contributed by atoms with Crippen LogP contribution >= 0.6 is 0 Å². The summed E-state index contributed by atoms with van der Waals surface area (Å²) < 4.78 is 15.4. The van der Waals surface area contributed by atoms with Gasteiger partial charge >= 0.3 is 8.80 Å². The second-order valence-corrected chi connectivity index (χ2v) is 7.63. The Labute approximate surface area is 125 Å². The van der Waals surface area contributed by atoms with E-state index in [2.05, 4.69) is 12.2 Å². The number of carbonyl (C=O) groups excluding carboxylic acids is 3. The van der Waals surface area contributed by atoms with E-state index in [1.807, 2.05) is 0 Å². The van der Waals surface area contributed by atoms with Crippen molar-refractivity contribution in [3.05, 3.63) is 12.2 Å². The van der Waals surface area contributed by atoms with Crippen molar-refractivity contribution in [1.82, 2.24) is 0 Å². The van der Waals surface area contributed by atoms with Crippen LogP contribution in [-0.4, -0.2) is 26.7 Å². The fourth-order valence-corrected chi connectivity index (χ4v) is 4.88. The van der Waals surface area contributed by atoms with Crippen molar-refractivity contribution in [2.45, 2.75) is 52.5 Å². The maximum absolute atomic E-state index is 11.3. The summed E-state index contributed by atoms with van der Waals surface area (Å²) in [5, 5.41) is 0. The molecule has 0 aliphatic heterocycles.